The van der Waals surface area contributed by atoms with E-state index in [0.717, 1.165) is 49.0 Å². The van der Waals surface area contributed by atoms with Gasteiger partial charge in [0.05, 0.1) is 18.1 Å². The lowest BCUT2D eigenvalue weighted by Crippen LogP contribution is -2.30. The van der Waals surface area contributed by atoms with Crippen LogP contribution in [0.2, 0.25) is 0 Å². The zero-order valence-electron chi connectivity index (χ0n) is 14.6. The molecule has 0 aliphatic heterocycles. The molecule has 3 rings (SSSR count). The zero-order valence-corrected chi connectivity index (χ0v) is 15.4. The van der Waals surface area contributed by atoms with Crippen LogP contribution in [0.4, 0.5) is 5.00 Å². The van der Waals surface area contributed by atoms with E-state index in [1.54, 1.807) is 13.8 Å². The van der Waals surface area contributed by atoms with Gasteiger partial charge in [-0.3, -0.25) is 9.59 Å². The summed E-state index contributed by atoms with van der Waals surface area (Å²) in [7, 11) is 0. The average Bonchev–Trinajstić information content (AvgIpc) is 3.36. The monoisotopic (exact) mass is 365 g/mol. The third-order valence-electron chi connectivity index (χ3n) is 4.46. The molecule has 1 unspecified atom stereocenters. The molecule has 25 heavy (non-hydrogen) atoms. The summed E-state index contributed by atoms with van der Waals surface area (Å²) in [6.07, 6.45) is 4.62. The molecular weight excluding hydrogens is 342 g/mol. The molecule has 1 heterocycles. The maximum atomic E-state index is 12.4. The molecule has 0 radical (unpaired) electrons. The van der Waals surface area contributed by atoms with E-state index in [-0.39, 0.29) is 18.5 Å². The van der Waals surface area contributed by atoms with E-state index < -0.39 is 18.0 Å². The van der Waals surface area contributed by atoms with E-state index in [4.69, 9.17) is 9.47 Å². The van der Waals surface area contributed by atoms with Crippen molar-refractivity contribution in [2.45, 2.75) is 58.5 Å². The third kappa shape index (κ3) is 4.03. The second kappa shape index (κ2) is 7.56. The number of hydrogen-bond acceptors (Lipinski definition) is 6. The molecule has 1 saturated carbocycles. The Morgan fingerprint density at radius 3 is 2.64 bits per heavy atom. The molecule has 136 valence electrons. The second-order valence-electron chi connectivity index (χ2n) is 6.48. The molecule has 0 aromatic carbocycles. The Kier molecular flexibility index (Phi) is 5.42. The summed E-state index contributed by atoms with van der Waals surface area (Å²) in [5.74, 6) is -1.20. The third-order valence-corrected chi connectivity index (χ3v) is 5.67. The Bertz CT molecular complexity index is 692. The Morgan fingerprint density at radius 2 is 1.96 bits per heavy atom. The average molecular weight is 365 g/mol. The minimum atomic E-state index is -0.887. The van der Waals surface area contributed by atoms with Crippen LogP contribution in [0, 0.1) is 5.92 Å². The fraction of sp³-hybridized carbons (Fsp3) is 0.611. The lowest BCUT2D eigenvalue weighted by atomic mass is 9.95. The van der Waals surface area contributed by atoms with E-state index >= 15 is 0 Å². The molecule has 1 aromatic heterocycles. The van der Waals surface area contributed by atoms with Gasteiger partial charge in [-0.25, -0.2) is 4.79 Å². The Balaban J connectivity index is 1.76. The molecule has 2 aliphatic rings. The normalized spacial score (nSPS) is 17.4. The predicted octanol–water partition coefficient (Wildman–Crippen LogP) is 3.08. The number of ether oxygens (including phenoxy) is 2. The van der Waals surface area contributed by atoms with Crippen LogP contribution < -0.4 is 5.32 Å². The first kappa shape index (κ1) is 17.9. The highest BCUT2D eigenvalue weighted by molar-refractivity contribution is 7.17. The quantitative estimate of drug-likeness (QED) is 0.784. The van der Waals surface area contributed by atoms with Crippen molar-refractivity contribution in [2.24, 2.45) is 5.92 Å². The SMILES string of the molecule is CCOC(=O)c1c(NC(=O)C(C)OC(=O)C2CC2)sc2c1CCCC2. The van der Waals surface area contributed by atoms with E-state index in [0.29, 0.717) is 10.6 Å². The van der Waals surface area contributed by atoms with Crippen molar-refractivity contribution in [2.75, 3.05) is 11.9 Å². The number of carbonyl (C=O) groups is 3. The van der Waals surface area contributed by atoms with Crippen molar-refractivity contribution >= 4 is 34.2 Å². The molecule has 7 heteroatoms. The van der Waals surface area contributed by atoms with Crippen molar-refractivity contribution in [3.05, 3.63) is 16.0 Å². The molecule has 1 N–H and O–H groups in total. The molecule has 6 nitrogen and oxygen atoms in total. The maximum Gasteiger partial charge on any atom is 0.341 e. The highest BCUT2D eigenvalue weighted by Crippen LogP contribution is 2.38. The number of fused-ring (bicyclic) bond motifs is 1. The van der Waals surface area contributed by atoms with E-state index in [1.807, 2.05) is 0 Å². The minimum Gasteiger partial charge on any atom is -0.462 e. The summed E-state index contributed by atoms with van der Waals surface area (Å²) in [6.45, 7) is 3.59. The minimum absolute atomic E-state index is 0.0561. The molecule has 1 aromatic rings. The van der Waals surface area contributed by atoms with Gasteiger partial charge in [-0.1, -0.05) is 0 Å². The van der Waals surface area contributed by atoms with Crippen LogP contribution >= 0.6 is 11.3 Å². The van der Waals surface area contributed by atoms with Gasteiger partial charge >= 0.3 is 11.9 Å². The smallest absolute Gasteiger partial charge is 0.341 e. The van der Waals surface area contributed by atoms with Gasteiger partial charge < -0.3 is 14.8 Å². The Hall–Kier alpha value is -1.89. The number of carbonyl (C=O) groups excluding carboxylic acids is 3. The van der Waals surface area contributed by atoms with Gasteiger partial charge in [0.25, 0.3) is 5.91 Å². The maximum absolute atomic E-state index is 12.4. The first-order valence-electron chi connectivity index (χ1n) is 8.84. The standard InChI is InChI=1S/C18H23NO5S/c1-3-23-18(22)14-12-6-4-5-7-13(12)25-16(14)19-15(20)10(2)24-17(21)11-8-9-11/h10-11H,3-9H2,1-2H3,(H,19,20). The number of amides is 1. The molecule has 0 saturated heterocycles. The lowest BCUT2D eigenvalue weighted by molar-refractivity contribution is -0.154. The first-order chi connectivity index (χ1) is 12.0. The van der Waals surface area contributed by atoms with Gasteiger partial charge in [0.15, 0.2) is 6.10 Å². The summed E-state index contributed by atoms with van der Waals surface area (Å²) in [5.41, 5.74) is 1.46. The van der Waals surface area contributed by atoms with Crippen molar-refractivity contribution < 1.29 is 23.9 Å². The number of rotatable bonds is 6. The molecule has 0 bridgehead atoms. The van der Waals surface area contributed by atoms with Crippen LogP contribution in [0.25, 0.3) is 0 Å². The summed E-state index contributed by atoms with van der Waals surface area (Å²) in [4.78, 5) is 37.6. The van der Waals surface area contributed by atoms with Gasteiger partial charge in [-0.15, -0.1) is 11.3 Å². The first-order valence-corrected chi connectivity index (χ1v) is 9.66. The van der Waals surface area contributed by atoms with Crippen molar-refractivity contribution in [1.29, 1.82) is 0 Å². The van der Waals surface area contributed by atoms with Gasteiger partial charge in [0.2, 0.25) is 0 Å². The predicted molar refractivity (Wildman–Crippen MR) is 93.8 cm³/mol. The molecule has 0 spiro atoms. The topological polar surface area (TPSA) is 81.7 Å². The van der Waals surface area contributed by atoms with Crippen LogP contribution in [-0.2, 0) is 31.9 Å². The Labute approximate surface area is 150 Å². The molecule has 1 amide bonds. The fourth-order valence-corrected chi connectivity index (χ4v) is 4.21. The lowest BCUT2D eigenvalue weighted by Gasteiger charge is -2.14. The molecule has 1 fully saturated rings. The second-order valence-corrected chi connectivity index (χ2v) is 7.58. The van der Waals surface area contributed by atoms with Crippen LogP contribution in [0.1, 0.15) is 60.3 Å². The summed E-state index contributed by atoms with van der Waals surface area (Å²) in [5, 5.41) is 3.28. The summed E-state index contributed by atoms with van der Waals surface area (Å²) in [6, 6.07) is 0. The number of anilines is 1. The van der Waals surface area contributed by atoms with Crippen molar-refractivity contribution in [1.82, 2.24) is 0 Å². The van der Waals surface area contributed by atoms with Crippen LogP contribution in [0.5, 0.6) is 0 Å². The van der Waals surface area contributed by atoms with Crippen molar-refractivity contribution in [3.63, 3.8) is 0 Å². The van der Waals surface area contributed by atoms with Crippen LogP contribution in [0.15, 0.2) is 0 Å². The highest BCUT2D eigenvalue weighted by atomic mass is 32.1. The molecular formula is C18H23NO5S. The van der Waals surface area contributed by atoms with E-state index in [2.05, 4.69) is 5.32 Å². The fourth-order valence-electron chi connectivity index (χ4n) is 2.93. The number of thiophene rings is 1. The Morgan fingerprint density at radius 1 is 1.24 bits per heavy atom. The van der Waals surface area contributed by atoms with Gasteiger partial charge in [-0.05, 0) is 57.9 Å². The van der Waals surface area contributed by atoms with Crippen molar-refractivity contribution in [3.8, 4) is 0 Å². The van der Waals surface area contributed by atoms with E-state index in [1.165, 1.54) is 11.3 Å². The number of hydrogen-bond donors (Lipinski definition) is 1. The van der Waals surface area contributed by atoms with Gasteiger partial charge in [0.1, 0.15) is 5.00 Å². The highest BCUT2D eigenvalue weighted by Gasteiger charge is 2.34. The number of aryl methyl sites for hydroxylation is 1. The van der Waals surface area contributed by atoms with E-state index in [9.17, 15) is 14.4 Å². The number of esters is 2. The van der Waals surface area contributed by atoms with Crippen LogP contribution in [0.3, 0.4) is 0 Å². The molecule has 2 aliphatic carbocycles. The van der Waals surface area contributed by atoms with Crippen LogP contribution in [-0.4, -0.2) is 30.6 Å². The van der Waals surface area contributed by atoms with Gasteiger partial charge in [-0.2, -0.15) is 0 Å². The summed E-state index contributed by atoms with van der Waals surface area (Å²) < 4.78 is 10.4. The zero-order chi connectivity index (χ0) is 18.0. The largest absolute Gasteiger partial charge is 0.462 e. The number of nitrogens with one attached hydrogen (secondary N) is 1. The van der Waals surface area contributed by atoms with Gasteiger partial charge in [0, 0.05) is 4.88 Å². The summed E-state index contributed by atoms with van der Waals surface area (Å²) >= 11 is 1.43. The molecule has 1 atom stereocenters.